The number of hydrogen-bond acceptors (Lipinski definition) is 6. The predicted molar refractivity (Wildman–Crippen MR) is 132 cm³/mol. The third-order valence-corrected chi connectivity index (χ3v) is 5.79. The van der Waals surface area contributed by atoms with E-state index in [0.29, 0.717) is 35.2 Å². The summed E-state index contributed by atoms with van der Waals surface area (Å²) >= 11 is 6.41. The number of benzene rings is 2. The molecule has 35 heavy (non-hydrogen) atoms. The van der Waals surface area contributed by atoms with E-state index in [1.165, 1.54) is 0 Å². The summed E-state index contributed by atoms with van der Waals surface area (Å²) in [5.74, 6) is 0.921. The number of carbonyl (C=O) groups is 2. The Kier molecular flexibility index (Phi) is 7.57. The molecule has 2 aromatic carbocycles. The minimum absolute atomic E-state index is 0.0671. The summed E-state index contributed by atoms with van der Waals surface area (Å²) < 4.78 is 13.4. The number of aromatic nitrogens is 2. The number of aliphatic hydroxyl groups excluding tert-OH is 1. The molecule has 1 fully saturated rings. The van der Waals surface area contributed by atoms with Gasteiger partial charge in [0.15, 0.2) is 5.82 Å². The average molecular weight is 499 g/mol. The molecule has 184 valence electrons. The standard InChI is InChI=1S/C25H27ClN4O5/c1-3-30-10-7-23(28-30)27-24(32)18-11-19(34-16(2)15-31)14-20(12-18)35-22-6-5-17(13-21(22)26)25(33)29-8-4-9-29/h5-7,10-14,16,31H,3-4,8-9,15H2,1-2H3,(H,27,28,32). The van der Waals surface area contributed by atoms with E-state index in [2.05, 4.69) is 10.4 Å². The van der Waals surface area contributed by atoms with Crippen LogP contribution >= 0.6 is 11.6 Å². The van der Waals surface area contributed by atoms with Gasteiger partial charge in [-0.3, -0.25) is 14.3 Å². The lowest BCUT2D eigenvalue weighted by Gasteiger charge is -2.31. The second-order valence-corrected chi connectivity index (χ2v) is 8.62. The van der Waals surface area contributed by atoms with Gasteiger partial charge in [-0.15, -0.1) is 0 Å². The summed E-state index contributed by atoms with van der Waals surface area (Å²) in [4.78, 5) is 27.1. The fourth-order valence-corrected chi connectivity index (χ4v) is 3.66. The number of nitrogens with zero attached hydrogens (tertiary/aromatic N) is 3. The Morgan fingerprint density at radius 3 is 2.54 bits per heavy atom. The lowest BCUT2D eigenvalue weighted by molar-refractivity contribution is 0.0651. The van der Waals surface area contributed by atoms with Crippen molar-refractivity contribution in [2.24, 2.45) is 0 Å². The van der Waals surface area contributed by atoms with Crippen LogP contribution in [0.5, 0.6) is 17.2 Å². The van der Waals surface area contributed by atoms with Gasteiger partial charge in [0.1, 0.15) is 23.4 Å². The maximum Gasteiger partial charge on any atom is 0.257 e. The second kappa shape index (κ2) is 10.8. The van der Waals surface area contributed by atoms with Crippen molar-refractivity contribution in [2.45, 2.75) is 32.9 Å². The number of rotatable bonds is 9. The summed E-state index contributed by atoms with van der Waals surface area (Å²) in [5, 5.41) is 16.7. The smallest absolute Gasteiger partial charge is 0.257 e. The van der Waals surface area contributed by atoms with Crippen molar-refractivity contribution in [1.82, 2.24) is 14.7 Å². The van der Waals surface area contributed by atoms with E-state index in [1.54, 1.807) is 65.2 Å². The third kappa shape index (κ3) is 5.93. The monoisotopic (exact) mass is 498 g/mol. The number of aliphatic hydroxyl groups is 1. The lowest BCUT2D eigenvalue weighted by Crippen LogP contribution is -2.41. The zero-order valence-corrected chi connectivity index (χ0v) is 20.3. The van der Waals surface area contributed by atoms with Gasteiger partial charge in [0.25, 0.3) is 11.8 Å². The van der Waals surface area contributed by atoms with Gasteiger partial charge in [0.2, 0.25) is 0 Å². The van der Waals surface area contributed by atoms with Crippen molar-refractivity contribution in [3.05, 3.63) is 64.8 Å². The molecule has 9 nitrogen and oxygen atoms in total. The summed E-state index contributed by atoms with van der Waals surface area (Å²) in [7, 11) is 0. The molecule has 1 aromatic heterocycles. The SMILES string of the molecule is CCn1ccc(NC(=O)c2cc(Oc3ccc(C(=O)N4CCC4)cc3Cl)cc(OC(C)CO)c2)n1. The molecule has 4 rings (SSSR count). The van der Waals surface area contributed by atoms with Crippen molar-refractivity contribution in [2.75, 3.05) is 25.0 Å². The summed E-state index contributed by atoms with van der Waals surface area (Å²) in [6.07, 6.45) is 2.28. The van der Waals surface area contributed by atoms with E-state index < -0.39 is 12.0 Å². The van der Waals surface area contributed by atoms with Crippen LogP contribution in [0.15, 0.2) is 48.7 Å². The Labute approximate surface area is 208 Å². The van der Waals surface area contributed by atoms with Crippen LogP contribution < -0.4 is 14.8 Å². The molecule has 1 aliphatic rings. The zero-order chi connectivity index (χ0) is 24.9. The van der Waals surface area contributed by atoms with E-state index in [4.69, 9.17) is 21.1 Å². The highest BCUT2D eigenvalue weighted by Gasteiger charge is 2.22. The molecule has 1 saturated heterocycles. The van der Waals surface area contributed by atoms with Crippen LogP contribution in [0.2, 0.25) is 5.02 Å². The minimum atomic E-state index is -0.489. The molecule has 3 aromatic rings. The van der Waals surface area contributed by atoms with E-state index in [0.717, 1.165) is 19.5 Å². The molecule has 10 heteroatoms. The predicted octanol–water partition coefficient (Wildman–Crippen LogP) is 4.21. The number of hydrogen-bond donors (Lipinski definition) is 2. The lowest BCUT2D eigenvalue weighted by atomic mass is 10.1. The molecule has 0 bridgehead atoms. The van der Waals surface area contributed by atoms with Gasteiger partial charge in [0.05, 0.1) is 11.6 Å². The van der Waals surface area contributed by atoms with E-state index in [-0.39, 0.29) is 23.1 Å². The maximum atomic E-state index is 12.9. The maximum absolute atomic E-state index is 12.9. The molecule has 1 unspecified atom stereocenters. The van der Waals surface area contributed by atoms with E-state index >= 15 is 0 Å². The Balaban J connectivity index is 1.57. The topological polar surface area (TPSA) is 106 Å². The first-order valence-corrected chi connectivity index (χ1v) is 11.8. The van der Waals surface area contributed by atoms with Crippen LogP contribution in [0.25, 0.3) is 0 Å². The van der Waals surface area contributed by atoms with Crippen LogP contribution in [-0.2, 0) is 6.54 Å². The summed E-state index contributed by atoms with van der Waals surface area (Å²) in [6, 6.07) is 11.3. The summed E-state index contributed by atoms with van der Waals surface area (Å²) in [5.41, 5.74) is 0.761. The number of amides is 2. The highest BCUT2D eigenvalue weighted by molar-refractivity contribution is 6.32. The molecule has 2 heterocycles. The molecule has 0 spiro atoms. The molecule has 0 radical (unpaired) electrons. The summed E-state index contributed by atoms with van der Waals surface area (Å²) in [6.45, 7) is 5.63. The van der Waals surface area contributed by atoms with Crippen LogP contribution in [0.4, 0.5) is 5.82 Å². The molecule has 2 N–H and O–H groups in total. The molecule has 0 saturated carbocycles. The van der Waals surface area contributed by atoms with Crippen LogP contribution in [-0.4, -0.2) is 57.4 Å². The first-order valence-electron chi connectivity index (χ1n) is 11.4. The van der Waals surface area contributed by atoms with Crippen molar-refractivity contribution >= 4 is 29.2 Å². The highest BCUT2D eigenvalue weighted by atomic mass is 35.5. The Hall–Kier alpha value is -3.56. The Morgan fingerprint density at radius 2 is 1.91 bits per heavy atom. The highest BCUT2D eigenvalue weighted by Crippen LogP contribution is 2.33. The fraction of sp³-hybridized carbons (Fsp3) is 0.320. The van der Waals surface area contributed by atoms with Crippen molar-refractivity contribution < 1.29 is 24.2 Å². The second-order valence-electron chi connectivity index (χ2n) is 8.21. The van der Waals surface area contributed by atoms with Gasteiger partial charge in [-0.2, -0.15) is 5.10 Å². The quantitative estimate of drug-likeness (QED) is 0.458. The van der Waals surface area contributed by atoms with Crippen LogP contribution in [0, 0.1) is 0 Å². The molecular weight excluding hydrogens is 472 g/mol. The molecule has 2 amide bonds. The van der Waals surface area contributed by atoms with Crippen molar-refractivity contribution in [1.29, 1.82) is 0 Å². The first kappa shape index (κ1) is 24.6. The normalized spacial score (nSPS) is 13.7. The molecule has 1 aliphatic heterocycles. The minimum Gasteiger partial charge on any atom is -0.488 e. The largest absolute Gasteiger partial charge is 0.488 e. The average Bonchev–Trinajstić information content (AvgIpc) is 3.26. The van der Waals surface area contributed by atoms with Crippen molar-refractivity contribution in [3.63, 3.8) is 0 Å². The third-order valence-electron chi connectivity index (χ3n) is 5.49. The van der Waals surface area contributed by atoms with Crippen molar-refractivity contribution in [3.8, 4) is 17.2 Å². The van der Waals surface area contributed by atoms with E-state index in [1.807, 2.05) is 6.92 Å². The van der Waals surface area contributed by atoms with Gasteiger partial charge < -0.3 is 24.8 Å². The van der Waals surface area contributed by atoms with Gasteiger partial charge in [-0.1, -0.05) is 11.6 Å². The number of halogens is 1. The molecular formula is C25H27ClN4O5. The van der Waals surface area contributed by atoms with Crippen LogP contribution in [0.3, 0.4) is 0 Å². The number of nitrogens with one attached hydrogen (secondary N) is 1. The van der Waals surface area contributed by atoms with Gasteiger partial charge in [0, 0.05) is 49.1 Å². The zero-order valence-electron chi connectivity index (χ0n) is 19.5. The van der Waals surface area contributed by atoms with Gasteiger partial charge in [-0.05, 0) is 50.6 Å². The molecule has 1 atom stereocenters. The first-order chi connectivity index (χ1) is 16.9. The fourth-order valence-electron chi connectivity index (χ4n) is 3.44. The Morgan fingerprint density at radius 1 is 1.14 bits per heavy atom. The number of carbonyl (C=O) groups excluding carboxylic acids is 2. The Bertz CT molecular complexity index is 1220. The number of anilines is 1. The van der Waals surface area contributed by atoms with Gasteiger partial charge >= 0.3 is 0 Å². The number of aryl methyl sites for hydroxylation is 1. The van der Waals surface area contributed by atoms with Gasteiger partial charge in [-0.25, -0.2) is 0 Å². The van der Waals surface area contributed by atoms with E-state index in [9.17, 15) is 14.7 Å². The van der Waals surface area contributed by atoms with Crippen LogP contribution in [0.1, 0.15) is 41.0 Å². The molecule has 0 aliphatic carbocycles. The number of likely N-dealkylation sites (tertiary alicyclic amines) is 1. The number of ether oxygens (including phenoxy) is 2.